The van der Waals surface area contributed by atoms with Gasteiger partial charge >= 0.3 is 0 Å². The number of nitrogen functional groups attached to an aromatic ring is 1. The topological polar surface area (TPSA) is 72.5 Å². The molecule has 19 heavy (non-hydrogen) atoms. The van der Waals surface area contributed by atoms with E-state index in [4.69, 9.17) is 17.3 Å². The number of nitrogens with two attached hydrogens (primary N) is 1. The third-order valence-corrected chi connectivity index (χ3v) is 3.31. The fourth-order valence-electron chi connectivity index (χ4n) is 2.24. The number of fused-ring (bicyclic) bond motifs is 1. The summed E-state index contributed by atoms with van der Waals surface area (Å²) in [6.07, 6.45) is 0.993. The van der Waals surface area contributed by atoms with Crippen LogP contribution in [0.5, 0.6) is 0 Å². The summed E-state index contributed by atoms with van der Waals surface area (Å²) in [5.74, 6) is 1.27. The highest BCUT2D eigenvalue weighted by Gasteiger charge is 2.15. The molecule has 2 aromatic heterocycles. The van der Waals surface area contributed by atoms with Crippen LogP contribution < -0.4 is 5.73 Å². The molecule has 2 heterocycles. The number of aryl methyl sites for hydroxylation is 1. The molecule has 3 N–H and O–H groups in total. The largest absolute Gasteiger partial charge is 0.382 e. The van der Waals surface area contributed by atoms with Gasteiger partial charge in [0, 0.05) is 12.6 Å². The Morgan fingerprint density at radius 2 is 2.26 bits per heavy atom. The second kappa shape index (κ2) is 4.59. The molecular weight excluding hydrogens is 262 g/mol. The molecular formula is C13H14ClN5. The molecule has 0 bridgehead atoms. The number of imidazole rings is 1. The van der Waals surface area contributed by atoms with E-state index >= 15 is 0 Å². The fourth-order valence-corrected chi connectivity index (χ4v) is 2.51. The minimum Gasteiger partial charge on any atom is -0.382 e. The van der Waals surface area contributed by atoms with Crippen LogP contribution in [0.2, 0.25) is 5.02 Å². The van der Waals surface area contributed by atoms with Crippen LogP contribution >= 0.6 is 11.6 Å². The van der Waals surface area contributed by atoms with Crippen LogP contribution in [0.25, 0.3) is 22.6 Å². The van der Waals surface area contributed by atoms with Crippen LogP contribution in [-0.2, 0) is 6.54 Å². The average Bonchev–Trinajstić information content (AvgIpc) is 2.95. The monoisotopic (exact) mass is 275 g/mol. The van der Waals surface area contributed by atoms with Gasteiger partial charge in [-0.25, -0.2) is 4.98 Å². The van der Waals surface area contributed by atoms with Gasteiger partial charge in [-0.15, -0.1) is 0 Å². The Morgan fingerprint density at radius 1 is 1.42 bits per heavy atom. The molecule has 1 aromatic carbocycles. The first kappa shape index (κ1) is 12.0. The van der Waals surface area contributed by atoms with Gasteiger partial charge in [-0.05, 0) is 18.6 Å². The maximum atomic E-state index is 6.29. The van der Waals surface area contributed by atoms with Crippen LogP contribution in [0.1, 0.15) is 13.3 Å². The summed E-state index contributed by atoms with van der Waals surface area (Å²) in [4.78, 5) is 4.63. The van der Waals surface area contributed by atoms with E-state index in [-0.39, 0.29) is 0 Å². The lowest BCUT2D eigenvalue weighted by atomic mass is 10.3. The van der Waals surface area contributed by atoms with Crippen LogP contribution in [0.15, 0.2) is 24.3 Å². The molecule has 0 unspecified atom stereocenters. The van der Waals surface area contributed by atoms with Gasteiger partial charge in [-0.1, -0.05) is 24.6 Å². The molecule has 6 heteroatoms. The fraction of sp³-hybridized carbons (Fsp3) is 0.231. The molecule has 0 spiro atoms. The Bertz CT molecular complexity index is 728. The Hall–Kier alpha value is -2.01. The predicted octanol–water partition coefficient (Wildman–Crippen LogP) is 3.07. The number of aromatic amines is 1. The summed E-state index contributed by atoms with van der Waals surface area (Å²) in [5, 5.41) is 7.56. The van der Waals surface area contributed by atoms with E-state index in [1.54, 1.807) is 6.07 Å². The third kappa shape index (κ3) is 1.96. The molecule has 0 radical (unpaired) electrons. The second-order valence-electron chi connectivity index (χ2n) is 4.40. The lowest BCUT2D eigenvalue weighted by molar-refractivity contribution is 0.702. The molecule has 0 amide bonds. The Balaban J connectivity index is 2.29. The first-order valence-corrected chi connectivity index (χ1v) is 6.54. The highest BCUT2D eigenvalue weighted by Crippen LogP contribution is 2.29. The van der Waals surface area contributed by atoms with Gasteiger partial charge < -0.3 is 10.3 Å². The summed E-state index contributed by atoms with van der Waals surface area (Å²) in [5.41, 5.74) is 8.29. The molecule has 3 rings (SSSR count). The van der Waals surface area contributed by atoms with E-state index in [9.17, 15) is 0 Å². The lowest BCUT2D eigenvalue weighted by Gasteiger charge is -2.06. The molecule has 5 nitrogen and oxygen atoms in total. The van der Waals surface area contributed by atoms with Crippen molar-refractivity contribution >= 4 is 28.5 Å². The molecule has 0 aliphatic carbocycles. The Labute approximate surface area is 115 Å². The highest BCUT2D eigenvalue weighted by atomic mass is 35.5. The number of hydrogen-bond acceptors (Lipinski definition) is 3. The zero-order valence-corrected chi connectivity index (χ0v) is 11.3. The van der Waals surface area contributed by atoms with Crippen molar-refractivity contribution in [2.24, 2.45) is 0 Å². The van der Waals surface area contributed by atoms with Crippen molar-refractivity contribution in [3.05, 3.63) is 29.3 Å². The van der Waals surface area contributed by atoms with Crippen LogP contribution in [0, 0.1) is 0 Å². The van der Waals surface area contributed by atoms with Gasteiger partial charge in [0.2, 0.25) is 0 Å². The zero-order valence-electron chi connectivity index (χ0n) is 10.5. The number of halogens is 1. The maximum Gasteiger partial charge on any atom is 0.159 e. The molecule has 3 aromatic rings. The van der Waals surface area contributed by atoms with Crippen molar-refractivity contribution in [1.82, 2.24) is 19.7 Å². The van der Waals surface area contributed by atoms with E-state index in [0.717, 1.165) is 35.5 Å². The summed E-state index contributed by atoms with van der Waals surface area (Å²) in [7, 11) is 0. The number of para-hydroxylation sites is 1. The van der Waals surface area contributed by atoms with Crippen molar-refractivity contribution in [3.8, 4) is 11.5 Å². The molecule has 0 fully saturated rings. The van der Waals surface area contributed by atoms with Gasteiger partial charge in [0.05, 0.1) is 16.1 Å². The molecule has 0 saturated carbocycles. The molecule has 98 valence electrons. The van der Waals surface area contributed by atoms with Crippen LogP contribution in [0.3, 0.4) is 0 Å². The van der Waals surface area contributed by atoms with E-state index in [0.29, 0.717) is 10.8 Å². The number of anilines is 1. The van der Waals surface area contributed by atoms with Gasteiger partial charge in [-0.3, -0.25) is 5.10 Å². The van der Waals surface area contributed by atoms with Crippen molar-refractivity contribution in [2.45, 2.75) is 19.9 Å². The minimum absolute atomic E-state index is 0.455. The van der Waals surface area contributed by atoms with E-state index in [2.05, 4.69) is 26.7 Å². The number of rotatable bonds is 3. The Kier molecular flexibility index (Phi) is 2.91. The predicted molar refractivity (Wildman–Crippen MR) is 77.0 cm³/mol. The highest BCUT2D eigenvalue weighted by molar-refractivity contribution is 6.35. The standard InChI is InChI=1S/C13H14ClN5/c1-2-6-19-12-8(14)4-3-5-9(12)16-13(19)10-7-11(15)18-17-10/h3-5,7H,2,6H2,1H3,(H3,15,17,18). The summed E-state index contributed by atoms with van der Waals surface area (Å²) < 4.78 is 2.10. The van der Waals surface area contributed by atoms with Gasteiger partial charge in [0.15, 0.2) is 5.82 Å². The number of hydrogen-bond donors (Lipinski definition) is 2. The smallest absolute Gasteiger partial charge is 0.159 e. The van der Waals surface area contributed by atoms with Gasteiger partial charge in [0.1, 0.15) is 11.5 Å². The number of aromatic nitrogens is 4. The average molecular weight is 276 g/mol. The number of benzene rings is 1. The van der Waals surface area contributed by atoms with E-state index in [1.807, 2.05) is 18.2 Å². The first-order chi connectivity index (χ1) is 9.20. The van der Waals surface area contributed by atoms with Gasteiger partial charge in [-0.2, -0.15) is 5.10 Å². The number of H-pyrrole nitrogens is 1. The summed E-state index contributed by atoms with van der Waals surface area (Å²) in [6.45, 7) is 2.96. The molecule has 0 saturated heterocycles. The van der Waals surface area contributed by atoms with E-state index in [1.165, 1.54) is 0 Å². The third-order valence-electron chi connectivity index (χ3n) is 3.00. The number of nitrogens with zero attached hydrogens (tertiary/aromatic N) is 3. The van der Waals surface area contributed by atoms with Crippen molar-refractivity contribution in [2.75, 3.05) is 5.73 Å². The quantitative estimate of drug-likeness (QED) is 0.771. The molecule has 0 aliphatic heterocycles. The minimum atomic E-state index is 0.455. The first-order valence-electron chi connectivity index (χ1n) is 6.16. The maximum absolute atomic E-state index is 6.29. The summed E-state index contributed by atoms with van der Waals surface area (Å²) >= 11 is 6.29. The lowest BCUT2D eigenvalue weighted by Crippen LogP contribution is -2.00. The van der Waals surface area contributed by atoms with Crippen LogP contribution in [-0.4, -0.2) is 19.7 Å². The van der Waals surface area contributed by atoms with E-state index < -0.39 is 0 Å². The van der Waals surface area contributed by atoms with Crippen molar-refractivity contribution < 1.29 is 0 Å². The zero-order chi connectivity index (χ0) is 13.4. The second-order valence-corrected chi connectivity index (χ2v) is 4.81. The van der Waals surface area contributed by atoms with Gasteiger partial charge in [0.25, 0.3) is 0 Å². The normalized spacial score (nSPS) is 11.3. The Morgan fingerprint density at radius 3 is 2.95 bits per heavy atom. The van der Waals surface area contributed by atoms with Crippen molar-refractivity contribution in [1.29, 1.82) is 0 Å². The SMILES string of the molecule is CCCn1c(-c2cc(N)n[nH]2)nc2cccc(Cl)c21. The van der Waals surface area contributed by atoms with Crippen molar-refractivity contribution in [3.63, 3.8) is 0 Å². The molecule has 0 aliphatic rings. The molecule has 0 atom stereocenters. The number of nitrogens with one attached hydrogen (secondary N) is 1. The van der Waals surface area contributed by atoms with Crippen LogP contribution in [0.4, 0.5) is 5.82 Å². The summed E-state index contributed by atoms with van der Waals surface area (Å²) in [6, 6.07) is 7.51.